The van der Waals surface area contributed by atoms with Gasteiger partial charge in [0.05, 0.1) is 6.54 Å². The first kappa shape index (κ1) is 18.2. The average molecular weight is 310 g/mol. The Labute approximate surface area is 123 Å². The highest BCUT2D eigenvalue weighted by Crippen LogP contribution is 2.24. The van der Waals surface area contributed by atoms with Gasteiger partial charge in [-0.2, -0.15) is 13.2 Å². The van der Waals surface area contributed by atoms with E-state index in [0.29, 0.717) is 39.3 Å². The lowest BCUT2D eigenvalue weighted by molar-refractivity contribution is -0.184. The molecule has 0 saturated carbocycles. The summed E-state index contributed by atoms with van der Waals surface area (Å²) in [7, 11) is 0. The fourth-order valence-corrected chi connectivity index (χ4v) is 2.36. The number of nitrogens with one attached hydrogen (secondary N) is 2. The van der Waals surface area contributed by atoms with E-state index in [2.05, 4.69) is 10.6 Å². The van der Waals surface area contributed by atoms with Crippen LogP contribution in [-0.4, -0.2) is 80.3 Å². The van der Waals surface area contributed by atoms with Crippen LogP contribution in [0.15, 0.2) is 0 Å². The highest BCUT2D eigenvalue weighted by atomic mass is 19.4. The summed E-state index contributed by atoms with van der Waals surface area (Å²) in [5, 5.41) is 5.45. The molecule has 21 heavy (non-hydrogen) atoms. The molecule has 1 saturated heterocycles. The van der Waals surface area contributed by atoms with Gasteiger partial charge in [-0.15, -0.1) is 0 Å². The molecule has 1 heterocycles. The van der Waals surface area contributed by atoms with Gasteiger partial charge in [-0.05, 0) is 13.1 Å². The molecule has 0 aromatic rings. The molecule has 0 aliphatic carbocycles. The van der Waals surface area contributed by atoms with Crippen LogP contribution in [0.25, 0.3) is 0 Å². The molecule has 0 aromatic heterocycles. The van der Waals surface area contributed by atoms with Gasteiger partial charge in [0, 0.05) is 32.7 Å². The summed E-state index contributed by atoms with van der Waals surface area (Å²) >= 11 is 0. The van der Waals surface area contributed by atoms with Gasteiger partial charge in [-0.3, -0.25) is 14.6 Å². The van der Waals surface area contributed by atoms with Gasteiger partial charge < -0.3 is 10.6 Å². The summed E-state index contributed by atoms with van der Waals surface area (Å²) in [6, 6.07) is -1.61. The van der Waals surface area contributed by atoms with Crippen LogP contribution in [-0.2, 0) is 4.79 Å². The largest absolute Gasteiger partial charge is 0.405 e. The van der Waals surface area contributed by atoms with Gasteiger partial charge in [-0.25, -0.2) is 0 Å². The maximum Gasteiger partial charge on any atom is 0.405 e. The molecule has 1 aliphatic heterocycles. The third kappa shape index (κ3) is 6.19. The molecule has 1 rings (SSSR count). The van der Waals surface area contributed by atoms with Gasteiger partial charge in [0.25, 0.3) is 0 Å². The van der Waals surface area contributed by atoms with Crippen molar-refractivity contribution in [3.63, 3.8) is 0 Å². The minimum atomic E-state index is -4.33. The van der Waals surface area contributed by atoms with Crippen LogP contribution in [0.4, 0.5) is 13.2 Å². The molecule has 0 aromatic carbocycles. The van der Waals surface area contributed by atoms with Crippen LogP contribution in [0.3, 0.4) is 0 Å². The van der Waals surface area contributed by atoms with E-state index in [0.717, 1.165) is 0 Å². The zero-order valence-electron chi connectivity index (χ0n) is 12.7. The summed E-state index contributed by atoms with van der Waals surface area (Å²) in [6.45, 7) is 6.75. The quantitative estimate of drug-likeness (QED) is 0.709. The molecule has 1 atom stereocenters. The summed E-state index contributed by atoms with van der Waals surface area (Å²) in [4.78, 5) is 15.0. The van der Waals surface area contributed by atoms with Crippen molar-refractivity contribution in [3.8, 4) is 0 Å². The zero-order chi connectivity index (χ0) is 15.9. The third-order valence-corrected chi connectivity index (χ3v) is 3.72. The molecular weight excluding hydrogens is 285 g/mol. The van der Waals surface area contributed by atoms with E-state index in [1.54, 1.807) is 0 Å². The van der Waals surface area contributed by atoms with Gasteiger partial charge in [0.2, 0.25) is 5.91 Å². The van der Waals surface area contributed by atoms with Gasteiger partial charge in [-0.1, -0.05) is 13.8 Å². The van der Waals surface area contributed by atoms with Crippen molar-refractivity contribution < 1.29 is 18.0 Å². The van der Waals surface area contributed by atoms with Crippen molar-refractivity contribution in [2.75, 3.05) is 52.4 Å². The Balaban J connectivity index is 2.51. The number of carbonyl (C=O) groups excluding carboxylic acids is 1. The van der Waals surface area contributed by atoms with E-state index in [1.165, 1.54) is 4.90 Å². The maximum absolute atomic E-state index is 13.1. The highest BCUT2D eigenvalue weighted by molar-refractivity contribution is 5.78. The number of amides is 1. The second-order valence-corrected chi connectivity index (χ2v) is 5.11. The molecular formula is C13H25F3N4O. The molecule has 0 bridgehead atoms. The Bertz CT molecular complexity index is 315. The van der Waals surface area contributed by atoms with Crippen LogP contribution >= 0.6 is 0 Å². The Hall–Kier alpha value is -0.860. The zero-order valence-corrected chi connectivity index (χ0v) is 12.7. The van der Waals surface area contributed by atoms with E-state index < -0.39 is 12.2 Å². The number of nitrogens with zero attached hydrogens (tertiary/aromatic N) is 2. The number of hydrogen-bond acceptors (Lipinski definition) is 4. The predicted molar refractivity (Wildman–Crippen MR) is 75.1 cm³/mol. The number of rotatable bonds is 7. The smallest absolute Gasteiger partial charge is 0.353 e. The Morgan fingerprint density at radius 2 is 1.86 bits per heavy atom. The average Bonchev–Trinajstić information content (AvgIpc) is 2.44. The van der Waals surface area contributed by atoms with Gasteiger partial charge in [0.15, 0.2) is 0 Å². The van der Waals surface area contributed by atoms with E-state index in [1.807, 2.05) is 18.7 Å². The number of piperazine rings is 1. The Morgan fingerprint density at radius 1 is 1.29 bits per heavy atom. The van der Waals surface area contributed by atoms with E-state index in [9.17, 15) is 18.0 Å². The van der Waals surface area contributed by atoms with Gasteiger partial charge in [0.1, 0.15) is 6.04 Å². The van der Waals surface area contributed by atoms with Crippen LogP contribution in [0, 0.1) is 0 Å². The second-order valence-electron chi connectivity index (χ2n) is 5.11. The van der Waals surface area contributed by atoms with Crippen molar-refractivity contribution in [1.29, 1.82) is 0 Å². The number of likely N-dealkylation sites (N-methyl/N-ethyl adjacent to an activating group) is 1. The molecule has 1 amide bonds. The molecule has 1 fully saturated rings. The molecule has 1 aliphatic rings. The first-order chi connectivity index (χ1) is 9.88. The lowest BCUT2D eigenvalue weighted by Gasteiger charge is -2.36. The van der Waals surface area contributed by atoms with Crippen LogP contribution < -0.4 is 10.6 Å². The predicted octanol–water partition coefficient (Wildman–Crippen LogP) is 0.281. The van der Waals surface area contributed by atoms with Crippen molar-refractivity contribution in [2.45, 2.75) is 26.1 Å². The first-order valence-corrected chi connectivity index (χ1v) is 7.39. The van der Waals surface area contributed by atoms with E-state index >= 15 is 0 Å². The Morgan fingerprint density at radius 3 is 2.33 bits per heavy atom. The molecule has 1 unspecified atom stereocenters. The second kappa shape index (κ2) is 8.55. The monoisotopic (exact) mass is 310 g/mol. The number of halogens is 3. The van der Waals surface area contributed by atoms with Crippen LogP contribution in [0.1, 0.15) is 13.8 Å². The summed E-state index contributed by atoms with van der Waals surface area (Å²) in [5.74, 6) is -0.358. The number of alkyl halides is 3. The fourth-order valence-electron chi connectivity index (χ4n) is 2.36. The Kier molecular flexibility index (Phi) is 7.41. The summed E-state index contributed by atoms with van der Waals surface area (Å²) in [6.07, 6.45) is -4.33. The first-order valence-electron chi connectivity index (χ1n) is 7.39. The topological polar surface area (TPSA) is 47.6 Å². The van der Waals surface area contributed by atoms with E-state index in [-0.39, 0.29) is 19.0 Å². The standard InChI is InChI=1S/C13H25F3N4O/c1-3-19(4-2)10-12(21)18-9-11(13(14,15)16)20-7-5-17-6-8-20/h11,17H,3-10H2,1-2H3,(H,18,21). The maximum atomic E-state index is 13.1. The van der Waals surface area contributed by atoms with Crippen LogP contribution in [0.5, 0.6) is 0 Å². The SMILES string of the molecule is CCN(CC)CC(=O)NCC(N1CCNCC1)C(F)(F)F. The third-order valence-electron chi connectivity index (χ3n) is 3.72. The van der Waals surface area contributed by atoms with Crippen molar-refractivity contribution in [2.24, 2.45) is 0 Å². The molecule has 0 spiro atoms. The fraction of sp³-hybridized carbons (Fsp3) is 0.923. The molecule has 124 valence electrons. The molecule has 8 heteroatoms. The summed E-state index contributed by atoms with van der Waals surface area (Å²) < 4.78 is 39.4. The van der Waals surface area contributed by atoms with Crippen molar-refractivity contribution in [1.82, 2.24) is 20.4 Å². The summed E-state index contributed by atoms with van der Waals surface area (Å²) in [5.41, 5.74) is 0. The lowest BCUT2D eigenvalue weighted by Crippen LogP contribution is -2.58. The van der Waals surface area contributed by atoms with E-state index in [4.69, 9.17) is 0 Å². The molecule has 0 radical (unpaired) electrons. The number of carbonyl (C=O) groups is 1. The number of hydrogen-bond donors (Lipinski definition) is 2. The molecule has 2 N–H and O–H groups in total. The lowest BCUT2D eigenvalue weighted by atomic mass is 10.2. The highest BCUT2D eigenvalue weighted by Gasteiger charge is 2.43. The molecule has 5 nitrogen and oxygen atoms in total. The normalized spacial score (nSPS) is 18.8. The minimum Gasteiger partial charge on any atom is -0.353 e. The van der Waals surface area contributed by atoms with Crippen molar-refractivity contribution >= 4 is 5.91 Å². The van der Waals surface area contributed by atoms with Crippen LogP contribution in [0.2, 0.25) is 0 Å². The minimum absolute atomic E-state index is 0.138. The van der Waals surface area contributed by atoms with Gasteiger partial charge >= 0.3 is 6.18 Å². The van der Waals surface area contributed by atoms with Crippen molar-refractivity contribution in [3.05, 3.63) is 0 Å².